The summed E-state index contributed by atoms with van der Waals surface area (Å²) in [4.78, 5) is 2.38. The molecule has 1 atom stereocenters. The summed E-state index contributed by atoms with van der Waals surface area (Å²) in [6.07, 6.45) is 1.30. The number of hydrogen-bond donors (Lipinski definition) is 1. The lowest BCUT2D eigenvalue weighted by molar-refractivity contribution is 0.174. The Labute approximate surface area is 108 Å². The largest absolute Gasteiger partial charge is 0.454 e. The van der Waals surface area contributed by atoms with Crippen LogP contribution in [0.2, 0.25) is 0 Å². The zero-order valence-corrected chi connectivity index (χ0v) is 10.8. The van der Waals surface area contributed by atoms with Crippen LogP contribution >= 0.6 is 0 Å². The summed E-state index contributed by atoms with van der Waals surface area (Å²) >= 11 is 0. The third kappa shape index (κ3) is 2.60. The molecule has 1 unspecified atom stereocenters. The minimum Gasteiger partial charge on any atom is -0.454 e. The first-order valence-electron chi connectivity index (χ1n) is 6.59. The van der Waals surface area contributed by atoms with Gasteiger partial charge >= 0.3 is 0 Å². The van der Waals surface area contributed by atoms with Gasteiger partial charge in [-0.25, -0.2) is 0 Å². The van der Waals surface area contributed by atoms with E-state index in [9.17, 15) is 0 Å². The molecule has 1 fully saturated rings. The van der Waals surface area contributed by atoms with E-state index in [0.29, 0.717) is 6.79 Å². The SMILES string of the molecule is CN(Cc1ccc2c(c1)OCO2)CC1CCNC1. The van der Waals surface area contributed by atoms with Gasteiger partial charge in [-0.05, 0) is 50.2 Å². The number of rotatable bonds is 4. The standard InChI is InChI=1S/C14H20N2O2/c1-16(9-12-4-5-15-7-12)8-11-2-3-13-14(6-11)18-10-17-13/h2-3,6,12,15H,4-5,7-10H2,1H3. The Morgan fingerprint density at radius 3 is 3.06 bits per heavy atom. The minimum absolute atomic E-state index is 0.350. The molecule has 1 N–H and O–H groups in total. The highest BCUT2D eigenvalue weighted by Gasteiger charge is 2.17. The van der Waals surface area contributed by atoms with E-state index < -0.39 is 0 Å². The maximum absolute atomic E-state index is 5.40. The molecule has 18 heavy (non-hydrogen) atoms. The molecule has 0 aliphatic carbocycles. The van der Waals surface area contributed by atoms with E-state index in [-0.39, 0.29) is 0 Å². The molecule has 1 saturated heterocycles. The van der Waals surface area contributed by atoms with Crippen LogP contribution in [0.5, 0.6) is 11.5 Å². The fraction of sp³-hybridized carbons (Fsp3) is 0.571. The number of nitrogens with one attached hydrogen (secondary N) is 1. The number of benzene rings is 1. The van der Waals surface area contributed by atoms with Crippen LogP contribution in [0.25, 0.3) is 0 Å². The van der Waals surface area contributed by atoms with Crippen LogP contribution in [-0.4, -0.2) is 38.4 Å². The molecule has 0 spiro atoms. The summed E-state index contributed by atoms with van der Waals surface area (Å²) in [5, 5.41) is 3.41. The van der Waals surface area contributed by atoms with Crippen LogP contribution < -0.4 is 14.8 Å². The predicted octanol–water partition coefficient (Wildman–Crippen LogP) is 1.46. The molecule has 0 bridgehead atoms. The number of hydrogen-bond acceptors (Lipinski definition) is 4. The second-order valence-electron chi connectivity index (χ2n) is 5.24. The van der Waals surface area contributed by atoms with E-state index in [1.54, 1.807) is 0 Å². The molecular weight excluding hydrogens is 228 g/mol. The van der Waals surface area contributed by atoms with Crippen molar-refractivity contribution >= 4 is 0 Å². The van der Waals surface area contributed by atoms with Crippen molar-refractivity contribution in [1.82, 2.24) is 10.2 Å². The summed E-state index contributed by atoms with van der Waals surface area (Å²) in [7, 11) is 2.18. The molecule has 3 rings (SSSR count). The van der Waals surface area contributed by atoms with Gasteiger partial charge in [-0.3, -0.25) is 0 Å². The quantitative estimate of drug-likeness (QED) is 0.874. The molecule has 0 amide bonds. The lowest BCUT2D eigenvalue weighted by Gasteiger charge is -2.20. The Morgan fingerprint density at radius 1 is 1.33 bits per heavy atom. The highest BCUT2D eigenvalue weighted by atomic mass is 16.7. The van der Waals surface area contributed by atoms with Crippen LogP contribution in [0.15, 0.2) is 18.2 Å². The highest BCUT2D eigenvalue weighted by molar-refractivity contribution is 5.44. The zero-order valence-electron chi connectivity index (χ0n) is 10.8. The maximum atomic E-state index is 5.40. The second kappa shape index (κ2) is 5.16. The van der Waals surface area contributed by atoms with E-state index in [1.807, 2.05) is 6.07 Å². The Hall–Kier alpha value is -1.26. The highest BCUT2D eigenvalue weighted by Crippen LogP contribution is 2.32. The van der Waals surface area contributed by atoms with Crippen LogP contribution in [-0.2, 0) is 6.54 Å². The van der Waals surface area contributed by atoms with Gasteiger partial charge in [0, 0.05) is 13.1 Å². The third-order valence-corrected chi connectivity index (χ3v) is 3.62. The monoisotopic (exact) mass is 248 g/mol. The summed E-state index contributed by atoms with van der Waals surface area (Å²) < 4.78 is 10.7. The van der Waals surface area contributed by atoms with Crippen molar-refractivity contribution in [3.05, 3.63) is 23.8 Å². The van der Waals surface area contributed by atoms with Crippen molar-refractivity contribution in [2.45, 2.75) is 13.0 Å². The van der Waals surface area contributed by atoms with Gasteiger partial charge in [0.25, 0.3) is 0 Å². The van der Waals surface area contributed by atoms with Crippen molar-refractivity contribution in [2.75, 3.05) is 33.5 Å². The van der Waals surface area contributed by atoms with Crippen molar-refractivity contribution in [1.29, 1.82) is 0 Å². The van der Waals surface area contributed by atoms with Crippen LogP contribution in [0.3, 0.4) is 0 Å². The van der Waals surface area contributed by atoms with Gasteiger partial charge in [0.05, 0.1) is 0 Å². The van der Waals surface area contributed by atoms with Gasteiger partial charge in [-0.1, -0.05) is 6.07 Å². The molecule has 0 saturated carbocycles. The molecule has 98 valence electrons. The van der Waals surface area contributed by atoms with Crippen molar-refractivity contribution in [2.24, 2.45) is 5.92 Å². The number of nitrogens with zero attached hydrogens (tertiary/aromatic N) is 1. The van der Waals surface area contributed by atoms with E-state index in [1.165, 1.54) is 18.5 Å². The van der Waals surface area contributed by atoms with Crippen molar-refractivity contribution in [3.8, 4) is 11.5 Å². The van der Waals surface area contributed by atoms with E-state index >= 15 is 0 Å². The first-order chi connectivity index (χ1) is 8.81. The number of ether oxygens (including phenoxy) is 2. The lowest BCUT2D eigenvalue weighted by Crippen LogP contribution is -2.26. The van der Waals surface area contributed by atoms with Gasteiger partial charge in [-0.15, -0.1) is 0 Å². The summed E-state index contributed by atoms with van der Waals surface area (Å²) in [6, 6.07) is 6.21. The first kappa shape index (κ1) is 11.8. The van der Waals surface area contributed by atoms with Gasteiger partial charge in [-0.2, -0.15) is 0 Å². The summed E-state index contributed by atoms with van der Waals surface area (Å²) in [6.45, 7) is 4.80. The summed E-state index contributed by atoms with van der Waals surface area (Å²) in [5.74, 6) is 2.54. The Morgan fingerprint density at radius 2 is 2.22 bits per heavy atom. The van der Waals surface area contributed by atoms with E-state index in [2.05, 4.69) is 29.4 Å². The normalized spacial score (nSPS) is 21.8. The second-order valence-corrected chi connectivity index (χ2v) is 5.24. The molecule has 2 heterocycles. The molecular formula is C14H20N2O2. The van der Waals surface area contributed by atoms with Crippen LogP contribution in [0.4, 0.5) is 0 Å². The Kier molecular flexibility index (Phi) is 3.39. The van der Waals surface area contributed by atoms with Crippen molar-refractivity contribution < 1.29 is 9.47 Å². The minimum atomic E-state index is 0.350. The lowest BCUT2D eigenvalue weighted by atomic mass is 10.1. The number of fused-ring (bicyclic) bond motifs is 1. The Bertz CT molecular complexity index is 416. The molecule has 1 aromatic carbocycles. The molecule has 0 aromatic heterocycles. The third-order valence-electron chi connectivity index (χ3n) is 3.62. The van der Waals surface area contributed by atoms with Crippen molar-refractivity contribution in [3.63, 3.8) is 0 Å². The molecule has 1 aromatic rings. The van der Waals surface area contributed by atoms with E-state index in [0.717, 1.165) is 37.1 Å². The van der Waals surface area contributed by atoms with Crippen LogP contribution in [0.1, 0.15) is 12.0 Å². The van der Waals surface area contributed by atoms with Gasteiger partial charge in [0.15, 0.2) is 11.5 Å². The fourth-order valence-corrected chi connectivity index (χ4v) is 2.73. The molecule has 4 heteroatoms. The Balaban J connectivity index is 1.58. The molecule has 0 radical (unpaired) electrons. The zero-order chi connectivity index (χ0) is 12.4. The van der Waals surface area contributed by atoms with Gasteiger partial charge < -0.3 is 19.7 Å². The molecule has 2 aliphatic heterocycles. The topological polar surface area (TPSA) is 33.7 Å². The molecule has 4 nitrogen and oxygen atoms in total. The van der Waals surface area contributed by atoms with Crippen LogP contribution in [0, 0.1) is 5.92 Å². The molecule has 2 aliphatic rings. The first-order valence-corrected chi connectivity index (χ1v) is 6.59. The maximum Gasteiger partial charge on any atom is 0.231 e. The fourth-order valence-electron chi connectivity index (χ4n) is 2.73. The van der Waals surface area contributed by atoms with Gasteiger partial charge in [0.1, 0.15) is 0 Å². The predicted molar refractivity (Wildman–Crippen MR) is 69.9 cm³/mol. The average Bonchev–Trinajstić information content (AvgIpc) is 2.98. The van der Waals surface area contributed by atoms with Gasteiger partial charge in [0.2, 0.25) is 6.79 Å². The summed E-state index contributed by atoms with van der Waals surface area (Å²) in [5.41, 5.74) is 1.28. The average molecular weight is 248 g/mol. The van der Waals surface area contributed by atoms with E-state index in [4.69, 9.17) is 9.47 Å². The smallest absolute Gasteiger partial charge is 0.231 e.